The van der Waals surface area contributed by atoms with Crippen LogP contribution in [0.25, 0.3) is 11.1 Å². The van der Waals surface area contributed by atoms with Crippen LogP contribution >= 0.6 is 0 Å². The molecule has 3 rings (SSSR count). The molecule has 2 aromatic rings. The molecule has 1 saturated heterocycles. The average molecular weight is 398 g/mol. The molecular weight excluding hydrogens is 380 g/mol. The molecule has 10 nitrogen and oxygen atoms in total. The number of rotatable bonds is 4. The van der Waals surface area contributed by atoms with Gasteiger partial charge in [-0.15, -0.1) is 0 Å². The van der Waals surface area contributed by atoms with Crippen molar-refractivity contribution in [2.24, 2.45) is 0 Å². The van der Waals surface area contributed by atoms with Crippen LogP contribution in [-0.2, 0) is 14.9 Å². The molecule has 5 atom stereocenters. The predicted octanol–water partition coefficient (Wildman–Crippen LogP) is -0.516. The van der Waals surface area contributed by atoms with E-state index in [0.29, 0.717) is 5.56 Å². The summed E-state index contributed by atoms with van der Waals surface area (Å²) < 4.78 is 42.2. The average Bonchev–Trinajstić information content (AvgIpc) is 2.62. The summed E-state index contributed by atoms with van der Waals surface area (Å²) in [5.74, 6) is 0.109. The van der Waals surface area contributed by atoms with Crippen molar-refractivity contribution >= 4 is 10.1 Å². The molecule has 0 spiro atoms. The Morgan fingerprint density at radius 3 is 2.48 bits per heavy atom. The van der Waals surface area contributed by atoms with E-state index < -0.39 is 40.2 Å². The van der Waals surface area contributed by atoms with Crippen molar-refractivity contribution < 1.29 is 37.8 Å². The molecule has 2 aromatic heterocycles. The van der Waals surface area contributed by atoms with Crippen LogP contribution in [0, 0.1) is 6.92 Å². The Morgan fingerprint density at radius 1 is 1.07 bits per heavy atom. The van der Waals surface area contributed by atoms with Crippen molar-refractivity contribution in [2.45, 2.75) is 37.0 Å². The predicted molar refractivity (Wildman–Crippen MR) is 91.1 cm³/mol. The van der Waals surface area contributed by atoms with Crippen molar-refractivity contribution in [1.82, 2.24) is 9.97 Å². The topological polar surface area (TPSA) is 159 Å². The molecule has 3 heterocycles. The molecular formula is C16H18N2O8S. The van der Waals surface area contributed by atoms with Crippen LogP contribution in [0.2, 0.25) is 0 Å². The molecule has 11 heteroatoms. The third kappa shape index (κ3) is 4.08. The highest BCUT2D eigenvalue weighted by atomic mass is 32.2. The van der Waals surface area contributed by atoms with Gasteiger partial charge in [0.15, 0.2) is 0 Å². The van der Waals surface area contributed by atoms with Gasteiger partial charge in [-0.1, -0.05) is 0 Å². The highest BCUT2D eigenvalue weighted by molar-refractivity contribution is 7.86. The number of aryl methyl sites for hydroxylation is 1. The van der Waals surface area contributed by atoms with E-state index in [-0.39, 0.29) is 5.75 Å². The van der Waals surface area contributed by atoms with Crippen LogP contribution < -0.4 is 4.74 Å². The van der Waals surface area contributed by atoms with Gasteiger partial charge in [0.2, 0.25) is 11.7 Å². The van der Waals surface area contributed by atoms with Gasteiger partial charge < -0.3 is 24.8 Å². The SMILES string of the molecule is Cc1ccncc1-c1cncc(O[C@@H]2OC(S(=O)(=O)O)[C@@H](O)[C@H](O)[C@H]2O)c1. The number of aliphatic hydroxyl groups excluding tert-OH is 3. The van der Waals surface area contributed by atoms with Crippen LogP contribution in [-0.4, -0.2) is 68.3 Å². The van der Waals surface area contributed by atoms with E-state index in [1.54, 1.807) is 24.7 Å². The Labute approximate surface area is 154 Å². The Hall–Kier alpha value is -2.15. The Kier molecular flexibility index (Phi) is 5.42. The lowest BCUT2D eigenvalue weighted by molar-refractivity contribution is -0.254. The van der Waals surface area contributed by atoms with E-state index >= 15 is 0 Å². The van der Waals surface area contributed by atoms with Crippen molar-refractivity contribution in [3.05, 3.63) is 42.5 Å². The molecule has 0 saturated carbocycles. The van der Waals surface area contributed by atoms with Gasteiger partial charge in [-0.2, -0.15) is 8.42 Å². The van der Waals surface area contributed by atoms with E-state index in [1.165, 1.54) is 6.20 Å². The summed E-state index contributed by atoms with van der Waals surface area (Å²) in [6, 6.07) is 3.37. The summed E-state index contributed by atoms with van der Waals surface area (Å²) in [6.07, 6.45) is -1.24. The molecule has 1 unspecified atom stereocenters. The summed E-state index contributed by atoms with van der Waals surface area (Å²) in [7, 11) is -4.86. The third-order valence-electron chi connectivity index (χ3n) is 4.13. The van der Waals surface area contributed by atoms with Gasteiger partial charge in [-0.3, -0.25) is 14.5 Å². The smallest absolute Gasteiger partial charge is 0.295 e. The molecule has 0 aliphatic carbocycles. The number of hydrogen-bond donors (Lipinski definition) is 4. The van der Waals surface area contributed by atoms with Crippen LogP contribution in [0.3, 0.4) is 0 Å². The number of nitrogens with zero attached hydrogens (tertiary/aromatic N) is 2. The highest BCUT2D eigenvalue weighted by Crippen LogP contribution is 2.29. The van der Waals surface area contributed by atoms with Gasteiger partial charge in [0.1, 0.15) is 24.1 Å². The molecule has 0 bridgehead atoms. The molecule has 0 aromatic carbocycles. The molecule has 0 amide bonds. The number of ether oxygens (including phenoxy) is 2. The van der Waals surface area contributed by atoms with Gasteiger partial charge in [0, 0.05) is 29.7 Å². The first kappa shape index (κ1) is 19.6. The first-order valence-electron chi connectivity index (χ1n) is 7.87. The zero-order valence-electron chi connectivity index (χ0n) is 14.1. The monoisotopic (exact) mass is 398 g/mol. The summed E-state index contributed by atoms with van der Waals surface area (Å²) in [6.45, 7) is 1.88. The Morgan fingerprint density at radius 2 is 1.81 bits per heavy atom. The summed E-state index contributed by atoms with van der Waals surface area (Å²) in [5, 5.41) is 29.6. The lowest BCUT2D eigenvalue weighted by Crippen LogP contribution is -2.61. The first-order valence-corrected chi connectivity index (χ1v) is 9.37. The van der Waals surface area contributed by atoms with Crippen molar-refractivity contribution in [3.63, 3.8) is 0 Å². The lowest BCUT2D eigenvalue weighted by atomic mass is 10.0. The fourth-order valence-corrected chi connectivity index (χ4v) is 3.46. The fourth-order valence-electron chi connectivity index (χ4n) is 2.69. The van der Waals surface area contributed by atoms with Crippen LogP contribution in [0.1, 0.15) is 5.56 Å². The molecule has 1 aliphatic heterocycles. The van der Waals surface area contributed by atoms with E-state index in [4.69, 9.17) is 14.0 Å². The van der Waals surface area contributed by atoms with Gasteiger partial charge in [-0.25, -0.2) is 0 Å². The molecule has 1 aliphatic rings. The number of aliphatic hydroxyl groups is 3. The molecule has 146 valence electrons. The van der Waals surface area contributed by atoms with Crippen LogP contribution in [0.15, 0.2) is 36.9 Å². The maximum atomic E-state index is 11.3. The fraction of sp³-hybridized carbons (Fsp3) is 0.375. The van der Waals surface area contributed by atoms with Crippen LogP contribution in [0.5, 0.6) is 5.75 Å². The Bertz CT molecular complexity index is 922. The summed E-state index contributed by atoms with van der Waals surface area (Å²) >= 11 is 0. The minimum Gasteiger partial charge on any atom is -0.460 e. The molecule has 0 radical (unpaired) electrons. The zero-order chi connectivity index (χ0) is 19.8. The third-order valence-corrected chi connectivity index (χ3v) is 5.11. The van der Waals surface area contributed by atoms with Crippen molar-refractivity contribution in [3.8, 4) is 16.9 Å². The minimum atomic E-state index is -4.86. The zero-order valence-corrected chi connectivity index (χ0v) is 14.9. The quantitative estimate of drug-likeness (QED) is 0.494. The molecule has 1 fully saturated rings. The second kappa shape index (κ2) is 7.46. The van der Waals surface area contributed by atoms with Crippen molar-refractivity contribution in [2.75, 3.05) is 0 Å². The number of pyridine rings is 2. The number of hydrogen-bond acceptors (Lipinski definition) is 9. The van der Waals surface area contributed by atoms with Crippen molar-refractivity contribution in [1.29, 1.82) is 0 Å². The standard InChI is InChI=1S/C16H18N2O8S/c1-8-2-3-17-7-11(8)9-4-10(6-18-5-9)25-15-13(20)12(19)14(21)16(26-15)27(22,23)24/h2-7,12-16,19-21H,1H3,(H,22,23,24)/t12-,13-,14+,15-,16?/m1/s1. The van der Waals surface area contributed by atoms with Gasteiger partial charge in [0.05, 0.1) is 6.20 Å². The first-order chi connectivity index (χ1) is 12.7. The normalized spacial score (nSPS) is 28.7. The van der Waals surface area contributed by atoms with E-state index in [9.17, 15) is 23.7 Å². The van der Waals surface area contributed by atoms with E-state index in [1.807, 2.05) is 13.0 Å². The molecule has 4 N–H and O–H groups in total. The van der Waals surface area contributed by atoms with E-state index in [0.717, 1.165) is 11.1 Å². The maximum absolute atomic E-state index is 11.3. The summed E-state index contributed by atoms with van der Waals surface area (Å²) in [4.78, 5) is 8.07. The lowest BCUT2D eigenvalue weighted by Gasteiger charge is -2.38. The largest absolute Gasteiger partial charge is 0.460 e. The molecule has 27 heavy (non-hydrogen) atoms. The van der Waals surface area contributed by atoms with Gasteiger partial charge in [-0.05, 0) is 24.6 Å². The second-order valence-corrected chi connectivity index (χ2v) is 7.57. The van der Waals surface area contributed by atoms with Gasteiger partial charge >= 0.3 is 0 Å². The summed E-state index contributed by atoms with van der Waals surface area (Å²) in [5.41, 5.74) is 0.197. The Balaban J connectivity index is 1.86. The van der Waals surface area contributed by atoms with Gasteiger partial charge in [0.25, 0.3) is 10.1 Å². The number of aromatic nitrogens is 2. The minimum absolute atomic E-state index is 0.109. The highest BCUT2D eigenvalue weighted by Gasteiger charge is 2.50. The van der Waals surface area contributed by atoms with E-state index in [2.05, 4.69) is 9.97 Å². The maximum Gasteiger partial charge on any atom is 0.295 e. The second-order valence-electron chi connectivity index (χ2n) is 6.08. The van der Waals surface area contributed by atoms with Crippen LogP contribution in [0.4, 0.5) is 0 Å².